The molecule has 90 valence electrons. The van der Waals surface area contributed by atoms with Gasteiger partial charge in [-0.15, -0.1) is 0 Å². The van der Waals surface area contributed by atoms with E-state index in [-0.39, 0.29) is 0 Å². The van der Waals surface area contributed by atoms with Crippen molar-refractivity contribution in [1.82, 2.24) is 0 Å². The van der Waals surface area contributed by atoms with Gasteiger partial charge in [0.2, 0.25) is 0 Å². The van der Waals surface area contributed by atoms with Crippen LogP contribution in [-0.4, -0.2) is 29.4 Å². The first kappa shape index (κ1) is 13.2. The molecular weight excluding hydrogens is 222 g/mol. The van der Waals surface area contributed by atoms with Gasteiger partial charge in [-0.25, -0.2) is 4.79 Å². The van der Waals surface area contributed by atoms with Crippen LogP contribution in [0.1, 0.15) is 22.8 Å². The number of hydrogen-bond donors (Lipinski definition) is 2. The molecule has 0 aliphatic carbocycles. The van der Waals surface area contributed by atoms with Gasteiger partial charge in [-0.2, -0.15) is 5.26 Å². The Kier molecular flexibility index (Phi) is 4.21. The zero-order valence-corrected chi connectivity index (χ0v) is 9.54. The molecular formula is C12H13NO4. The molecule has 2 atom stereocenters. The van der Waals surface area contributed by atoms with Crippen molar-refractivity contribution < 1.29 is 19.7 Å². The second kappa shape index (κ2) is 5.43. The molecule has 0 amide bonds. The van der Waals surface area contributed by atoms with E-state index < -0.39 is 18.2 Å². The number of benzene rings is 1. The summed E-state index contributed by atoms with van der Waals surface area (Å²) in [6.45, 7) is 1.64. The van der Waals surface area contributed by atoms with Crippen molar-refractivity contribution in [3.63, 3.8) is 0 Å². The Balaban J connectivity index is 3.09. The first-order valence-corrected chi connectivity index (χ1v) is 4.96. The fourth-order valence-electron chi connectivity index (χ4n) is 1.51. The molecule has 17 heavy (non-hydrogen) atoms. The van der Waals surface area contributed by atoms with Crippen LogP contribution in [-0.2, 0) is 9.53 Å². The van der Waals surface area contributed by atoms with Crippen LogP contribution in [0.3, 0.4) is 0 Å². The number of esters is 1. The van der Waals surface area contributed by atoms with Gasteiger partial charge in [-0.05, 0) is 24.1 Å². The molecule has 0 saturated heterocycles. The molecule has 5 nitrogen and oxygen atoms in total. The van der Waals surface area contributed by atoms with Gasteiger partial charge in [-0.3, -0.25) is 0 Å². The maximum Gasteiger partial charge on any atom is 0.337 e. The first-order valence-electron chi connectivity index (χ1n) is 4.96. The number of aliphatic hydroxyl groups is 2. The third-order valence-corrected chi connectivity index (χ3v) is 2.56. The van der Waals surface area contributed by atoms with Crippen molar-refractivity contribution in [1.29, 1.82) is 5.26 Å². The van der Waals surface area contributed by atoms with Crippen molar-refractivity contribution in [2.24, 2.45) is 0 Å². The molecule has 0 fully saturated rings. The van der Waals surface area contributed by atoms with Crippen LogP contribution in [0.4, 0.5) is 0 Å². The van der Waals surface area contributed by atoms with E-state index in [1.54, 1.807) is 25.1 Å². The lowest BCUT2D eigenvalue weighted by Crippen LogP contribution is -2.29. The predicted octanol–water partition coefficient (Wildman–Crippen LogP) is 0.434. The normalized spacial score (nSPS) is 13.6. The summed E-state index contributed by atoms with van der Waals surface area (Å²) in [5.74, 6) is -0.917. The highest BCUT2D eigenvalue weighted by molar-refractivity contribution is 5.75. The highest BCUT2D eigenvalue weighted by Crippen LogP contribution is 2.23. The fraction of sp³-hybridized carbons (Fsp3) is 0.333. The largest absolute Gasteiger partial charge is 0.467 e. The maximum atomic E-state index is 11.1. The van der Waals surface area contributed by atoms with E-state index in [4.69, 9.17) is 5.26 Å². The highest BCUT2D eigenvalue weighted by Gasteiger charge is 2.27. The van der Waals surface area contributed by atoms with Crippen molar-refractivity contribution >= 4 is 5.97 Å². The van der Waals surface area contributed by atoms with E-state index in [1.165, 1.54) is 0 Å². The summed E-state index contributed by atoms with van der Waals surface area (Å²) in [5, 5.41) is 28.2. The summed E-state index contributed by atoms with van der Waals surface area (Å²) >= 11 is 0. The SMILES string of the molecule is COC(=O)C(O)C(O)c1cccc(C#N)c1C. The molecule has 2 N–H and O–H groups in total. The Hall–Kier alpha value is -1.90. The quantitative estimate of drug-likeness (QED) is 0.741. The maximum absolute atomic E-state index is 11.1. The molecule has 0 bridgehead atoms. The zero-order chi connectivity index (χ0) is 13.0. The van der Waals surface area contributed by atoms with Crippen molar-refractivity contribution in [3.8, 4) is 6.07 Å². The van der Waals surface area contributed by atoms with Crippen LogP contribution in [0.5, 0.6) is 0 Å². The Morgan fingerprint density at radius 2 is 2.12 bits per heavy atom. The monoisotopic (exact) mass is 235 g/mol. The molecule has 0 radical (unpaired) electrons. The molecule has 0 aromatic heterocycles. The lowest BCUT2D eigenvalue weighted by atomic mass is 9.96. The van der Waals surface area contributed by atoms with E-state index in [9.17, 15) is 15.0 Å². The molecule has 5 heteroatoms. The van der Waals surface area contributed by atoms with Crippen molar-refractivity contribution in [3.05, 3.63) is 34.9 Å². The Morgan fingerprint density at radius 1 is 1.47 bits per heavy atom. The second-order valence-corrected chi connectivity index (χ2v) is 3.54. The molecule has 2 unspecified atom stereocenters. The average Bonchev–Trinajstić information content (AvgIpc) is 2.36. The topological polar surface area (TPSA) is 90.6 Å². The van der Waals surface area contributed by atoms with Gasteiger partial charge in [0.25, 0.3) is 0 Å². The number of methoxy groups -OCH3 is 1. The van der Waals surface area contributed by atoms with Gasteiger partial charge in [-0.1, -0.05) is 12.1 Å². The minimum absolute atomic E-state index is 0.335. The molecule has 0 heterocycles. The number of ether oxygens (including phenoxy) is 1. The number of carbonyl (C=O) groups excluding carboxylic acids is 1. The first-order chi connectivity index (χ1) is 8.02. The Labute approximate surface area is 98.9 Å². The van der Waals surface area contributed by atoms with Gasteiger partial charge in [0.1, 0.15) is 6.10 Å². The fourth-order valence-corrected chi connectivity index (χ4v) is 1.51. The summed E-state index contributed by atoms with van der Waals surface area (Å²) < 4.78 is 4.34. The summed E-state index contributed by atoms with van der Waals surface area (Å²) in [7, 11) is 1.12. The third kappa shape index (κ3) is 2.61. The smallest absolute Gasteiger partial charge is 0.337 e. The summed E-state index contributed by atoms with van der Waals surface area (Å²) in [4.78, 5) is 11.1. The number of nitriles is 1. The zero-order valence-electron chi connectivity index (χ0n) is 9.54. The van der Waals surface area contributed by atoms with Crippen LogP contribution in [0, 0.1) is 18.3 Å². The summed E-state index contributed by atoms with van der Waals surface area (Å²) in [6.07, 6.45) is -3.07. The van der Waals surface area contributed by atoms with Crippen LogP contribution in [0.25, 0.3) is 0 Å². The number of hydrogen-bond acceptors (Lipinski definition) is 5. The number of nitrogens with zero attached hydrogens (tertiary/aromatic N) is 1. The summed E-state index contributed by atoms with van der Waals surface area (Å²) in [5.41, 5.74) is 1.26. The molecule has 0 spiro atoms. The van der Waals surface area contributed by atoms with E-state index in [2.05, 4.69) is 4.74 Å². The third-order valence-electron chi connectivity index (χ3n) is 2.56. The minimum Gasteiger partial charge on any atom is -0.467 e. The van der Waals surface area contributed by atoms with Gasteiger partial charge in [0.05, 0.1) is 18.7 Å². The molecule has 0 aliphatic heterocycles. The minimum atomic E-state index is -1.66. The van der Waals surface area contributed by atoms with Crippen molar-refractivity contribution in [2.45, 2.75) is 19.1 Å². The second-order valence-electron chi connectivity index (χ2n) is 3.54. The van der Waals surface area contributed by atoms with Gasteiger partial charge in [0, 0.05) is 0 Å². The highest BCUT2D eigenvalue weighted by atomic mass is 16.5. The van der Waals surface area contributed by atoms with Crippen LogP contribution < -0.4 is 0 Å². The lowest BCUT2D eigenvalue weighted by Gasteiger charge is -2.18. The lowest BCUT2D eigenvalue weighted by molar-refractivity contribution is -0.156. The molecule has 0 aliphatic rings. The van der Waals surface area contributed by atoms with E-state index in [0.29, 0.717) is 16.7 Å². The van der Waals surface area contributed by atoms with E-state index >= 15 is 0 Å². The van der Waals surface area contributed by atoms with Gasteiger partial charge >= 0.3 is 5.97 Å². The molecule has 1 aromatic rings. The van der Waals surface area contributed by atoms with E-state index in [1.807, 2.05) is 6.07 Å². The van der Waals surface area contributed by atoms with Crippen LogP contribution in [0.15, 0.2) is 18.2 Å². The van der Waals surface area contributed by atoms with Gasteiger partial charge < -0.3 is 14.9 Å². The number of carbonyl (C=O) groups is 1. The number of aliphatic hydroxyl groups excluding tert-OH is 2. The van der Waals surface area contributed by atoms with Crippen molar-refractivity contribution in [2.75, 3.05) is 7.11 Å². The average molecular weight is 235 g/mol. The molecule has 0 saturated carbocycles. The van der Waals surface area contributed by atoms with Crippen LogP contribution in [0.2, 0.25) is 0 Å². The molecule has 1 rings (SSSR count). The molecule has 1 aromatic carbocycles. The van der Waals surface area contributed by atoms with Crippen LogP contribution >= 0.6 is 0 Å². The predicted molar refractivity (Wildman–Crippen MR) is 58.9 cm³/mol. The Bertz CT molecular complexity index is 464. The standard InChI is InChI=1S/C12H13NO4/c1-7-8(6-13)4-3-5-9(7)10(14)11(15)12(16)17-2/h3-5,10-11,14-15H,1-2H3. The summed E-state index contributed by atoms with van der Waals surface area (Å²) in [6, 6.07) is 6.68. The Morgan fingerprint density at radius 3 is 2.65 bits per heavy atom. The van der Waals surface area contributed by atoms with Gasteiger partial charge in [0.15, 0.2) is 6.10 Å². The van der Waals surface area contributed by atoms with E-state index in [0.717, 1.165) is 7.11 Å². The number of rotatable bonds is 3.